The molecule has 0 aliphatic carbocycles. The van der Waals surface area contributed by atoms with Crippen molar-refractivity contribution in [1.82, 2.24) is 4.90 Å². The van der Waals surface area contributed by atoms with Crippen LogP contribution in [0.4, 0.5) is 10.5 Å². The van der Waals surface area contributed by atoms with Crippen molar-refractivity contribution in [2.45, 2.75) is 52.1 Å². The van der Waals surface area contributed by atoms with Gasteiger partial charge in [0.2, 0.25) is 0 Å². The van der Waals surface area contributed by atoms with Crippen molar-refractivity contribution in [2.24, 2.45) is 0 Å². The highest BCUT2D eigenvalue weighted by molar-refractivity contribution is 5.68. The van der Waals surface area contributed by atoms with Crippen LogP contribution in [0, 0.1) is 0 Å². The molecule has 2 rings (SSSR count). The largest absolute Gasteiger partial charge is 0.492 e. The number of carbonyl (C=O) groups excluding carboxylic acids is 1. The number of benzene rings is 1. The second-order valence-corrected chi connectivity index (χ2v) is 6.97. The van der Waals surface area contributed by atoms with E-state index in [-0.39, 0.29) is 6.09 Å². The number of amides is 1. The van der Waals surface area contributed by atoms with Crippen LogP contribution >= 0.6 is 0 Å². The first kappa shape index (κ1) is 17.4. The van der Waals surface area contributed by atoms with Gasteiger partial charge in [0.25, 0.3) is 0 Å². The van der Waals surface area contributed by atoms with Crippen LogP contribution in [0.3, 0.4) is 0 Å². The summed E-state index contributed by atoms with van der Waals surface area (Å²) in [5.41, 5.74) is 7.38. The van der Waals surface area contributed by atoms with Gasteiger partial charge in [0.1, 0.15) is 11.4 Å². The van der Waals surface area contributed by atoms with E-state index in [0.717, 1.165) is 18.6 Å². The van der Waals surface area contributed by atoms with Crippen molar-refractivity contribution >= 4 is 11.8 Å². The van der Waals surface area contributed by atoms with Gasteiger partial charge in [-0.15, -0.1) is 0 Å². The molecule has 0 bridgehead atoms. The fraction of sp³-hybridized carbons (Fsp3) is 0.611. The van der Waals surface area contributed by atoms with E-state index >= 15 is 0 Å². The fourth-order valence-corrected chi connectivity index (χ4v) is 2.81. The third-order valence-corrected chi connectivity index (χ3v) is 3.96. The predicted octanol–water partition coefficient (Wildman–Crippen LogP) is 3.78. The SMILES string of the molecule is CCOc1cc(C2CCN(C(=O)OC(C)(C)C)CC2)ccc1N. The van der Waals surface area contributed by atoms with Crippen LogP contribution in [-0.4, -0.2) is 36.3 Å². The zero-order chi connectivity index (χ0) is 17.0. The van der Waals surface area contributed by atoms with Gasteiger partial charge in [-0.3, -0.25) is 0 Å². The van der Waals surface area contributed by atoms with E-state index in [0.29, 0.717) is 31.3 Å². The standard InChI is InChI=1S/C18H28N2O3/c1-5-22-16-12-14(6-7-15(16)19)13-8-10-20(11-9-13)17(21)23-18(2,3)4/h6-7,12-13H,5,8-11,19H2,1-4H3. The molecule has 0 saturated carbocycles. The van der Waals surface area contributed by atoms with E-state index in [2.05, 4.69) is 6.07 Å². The monoisotopic (exact) mass is 320 g/mol. The van der Waals surface area contributed by atoms with E-state index < -0.39 is 5.60 Å². The molecule has 2 N–H and O–H groups in total. The number of hydrogen-bond acceptors (Lipinski definition) is 4. The van der Waals surface area contributed by atoms with E-state index in [1.807, 2.05) is 39.8 Å². The van der Waals surface area contributed by atoms with Crippen LogP contribution in [0.2, 0.25) is 0 Å². The summed E-state index contributed by atoms with van der Waals surface area (Å²) in [5.74, 6) is 1.17. The Morgan fingerprint density at radius 1 is 1.30 bits per heavy atom. The number of rotatable bonds is 3. The third kappa shape index (κ3) is 4.78. The van der Waals surface area contributed by atoms with Crippen molar-refractivity contribution in [3.63, 3.8) is 0 Å². The topological polar surface area (TPSA) is 64.8 Å². The highest BCUT2D eigenvalue weighted by Crippen LogP contribution is 2.33. The molecule has 1 fully saturated rings. The Labute approximate surface area is 138 Å². The molecule has 1 heterocycles. The van der Waals surface area contributed by atoms with Crippen molar-refractivity contribution in [3.05, 3.63) is 23.8 Å². The van der Waals surface area contributed by atoms with Crippen LogP contribution in [-0.2, 0) is 4.74 Å². The Bertz CT molecular complexity index is 544. The number of anilines is 1. The number of nitrogens with two attached hydrogens (primary N) is 1. The lowest BCUT2D eigenvalue weighted by Crippen LogP contribution is -2.41. The molecular weight excluding hydrogens is 292 g/mol. The predicted molar refractivity (Wildman–Crippen MR) is 91.8 cm³/mol. The molecule has 5 heteroatoms. The molecular formula is C18H28N2O3. The molecule has 0 unspecified atom stereocenters. The first-order valence-corrected chi connectivity index (χ1v) is 8.30. The van der Waals surface area contributed by atoms with Crippen LogP contribution in [0.25, 0.3) is 0 Å². The summed E-state index contributed by atoms with van der Waals surface area (Å²) in [7, 11) is 0. The second kappa shape index (κ2) is 7.11. The Morgan fingerprint density at radius 2 is 1.96 bits per heavy atom. The quantitative estimate of drug-likeness (QED) is 0.861. The minimum Gasteiger partial charge on any atom is -0.492 e. The molecule has 1 aromatic carbocycles. The van der Waals surface area contributed by atoms with Gasteiger partial charge in [-0.25, -0.2) is 4.79 Å². The zero-order valence-electron chi connectivity index (χ0n) is 14.6. The summed E-state index contributed by atoms with van der Waals surface area (Å²) in [5, 5.41) is 0. The first-order chi connectivity index (χ1) is 10.8. The van der Waals surface area contributed by atoms with Crippen molar-refractivity contribution in [2.75, 3.05) is 25.4 Å². The summed E-state index contributed by atoms with van der Waals surface area (Å²) in [4.78, 5) is 13.9. The number of likely N-dealkylation sites (tertiary alicyclic amines) is 1. The average Bonchev–Trinajstić information content (AvgIpc) is 2.48. The lowest BCUT2D eigenvalue weighted by Gasteiger charge is -2.33. The van der Waals surface area contributed by atoms with Crippen molar-refractivity contribution < 1.29 is 14.3 Å². The van der Waals surface area contributed by atoms with E-state index in [9.17, 15) is 4.79 Å². The summed E-state index contributed by atoms with van der Waals surface area (Å²) in [6.45, 7) is 9.65. The Morgan fingerprint density at radius 3 is 2.52 bits per heavy atom. The van der Waals surface area contributed by atoms with Gasteiger partial charge < -0.3 is 20.1 Å². The maximum Gasteiger partial charge on any atom is 0.410 e. The molecule has 0 radical (unpaired) electrons. The average molecular weight is 320 g/mol. The summed E-state index contributed by atoms with van der Waals surface area (Å²) in [6, 6.07) is 6.00. The number of ether oxygens (including phenoxy) is 2. The molecule has 23 heavy (non-hydrogen) atoms. The molecule has 1 aliphatic heterocycles. The number of nitrogens with zero attached hydrogens (tertiary/aromatic N) is 1. The maximum absolute atomic E-state index is 12.1. The van der Waals surface area contributed by atoms with Gasteiger partial charge in [-0.2, -0.15) is 0 Å². The molecule has 1 aliphatic rings. The van der Waals surface area contributed by atoms with Gasteiger partial charge in [0.15, 0.2) is 0 Å². The minimum atomic E-state index is -0.447. The van der Waals surface area contributed by atoms with Gasteiger partial charge in [-0.05, 0) is 64.2 Å². The normalized spacial score (nSPS) is 16.3. The Kier molecular flexibility index (Phi) is 5.39. The van der Waals surface area contributed by atoms with E-state index in [4.69, 9.17) is 15.2 Å². The van der Waals surface area contributed by atoms with Gasteiger partial charge in [-0.1, -0.05) is 6.07 Å². The fourth-order valence-electron chi connectivity index (χ4n) is 2.81. The number of hydrogen-bond donors (Lipinski definition) is 1. The van der Waals surface area contributed by atoms with E-state index in [1.165, 1.54) is 5.56 Å². The smallest absolute Gasteiger partial charge is 0.410 e. The number of nitrogen functional groups attached to an aromatic ring is 1. The van der Waals surface area contributed by atoms with Crippen LogP contribution in [0.5, 0.6) is 5.75 Å². The lowest BCUT2D eigenvalue weighted by molar-refractivity contribution is 0.0205. The number of carbonyl (C=O) groups is 1. The molecule has 0 spiro atoms. The number of piperidine rings is 1. The van der Waals surface area contributed by atoms with Gasteiger partial charge in [0.05, 0.1) is 12.3 Å². The third-order valence-electron chi connectivity index (χ3n) is 3.96. The highest BCUT2D eigenvalue weighted by Gasteiger charge is 2.27. The Hall–Kier alpha value is -1.91. The molecule has 5 nitrogen and oxygen atoms in total. The molecule has 0 aromatic heterocycles. The zero-order valence-corrected chi connectivity index (χ0v) is 14.6. The Balaban J connectivity index is 1.96. The maximum atomic E-state index is 12.1. The summed E-state index contributed by atoms with van der Waals surface area (Å²) < 4.78 is 11.0. The highest BCUT2D eigenvalue weighted by atomic mass is 16.6. The minimum absolute atomic E-state index is 0.219. The van der Waals surface area contributed by atoms with Crippen molar-refractivity contribution in [1.29, 1.82) is 0 Å². The molecule has 1 aromatic rings. The van der Waals surface area contributed by atoms with Crippen LogP contribution in [0.1, 0.15) is 52.0 Å². The van der Waals surface area contributed by atoms with Gasteiger partial charge in [0, 0.05) is 13.1 Å². The first-order valence-electron chi connectivity index (χ1n) is 8.30. The molecule has 128 valence electrons. The van der Waals surface area contributed by atoms with Crippen LogP contribution in [0.15, 0.2) is 18.2 Å². The second-order valence-electron chi connectivity index (χ2n) is 6.97. The molecule has 1 amide bonds. The summed E-state index contributed by atoms with van der Waals surface area (Å²) >= 11 is 0. The van der Waals surface area contributed by atoms with Gasteiger partial charge >= 0.3 is 6.09 Å². The summed E-state index contributed by atoms with van der Waals surface area (Å²) in [6.07, 6.45) is 1.63. The molecule has 0 atom stereocenters. The van der Waals surface area contributed by atoms with E-state index in [1.54, 1.807) is 4.90 Å². The van der Waals surface area contributed by atoms with Crippen LogP contribution < -0.4 is 10.5 Å². The lowest BCUT2D eigenvalue weighted by atomic mass is 9.89. The van der Waals surface area contributed by atoms with Crippen molar-refractivity contribution in [3.8, 4) is 5.75 Å². The molecule has 1 saturated heterocycles.